The van der Waals surface area contributed by atoms with Crippen molar-refractivity contribution in [3.63, 3.8) is 0 Å². The molecule has 0 aromatic carbocycles. The maximum absolute atomic E-state index is 12.2. The Kier molecular flexibility index (Phi) is 3.13. The highest BCUT2D eigenvalue weighted by Crippen LogP contribution is 2.41. The topological polar surface area (TPSA) is 57.7 Å². The Hall–Kier alpha value is -0.620. The van der Waals surface area contributed by atoms with E-state index in [9.17, 15) is 13.2 Å². The number of hydrogen-bond donors (Lipinski definition) is 0. The molecule has 0 aromatic rings. The number of carbonyl (C=O) groups excluding carboxylic acids is 1. The Morgan fingerprint density at radius 1 is 1.21 bits per heavy atom. The number of amides is 1. The number of rotatable bonds is 3. The number of piperidine rings is 1. The molecule has 19 heavy (non-hydrogen) atoms. The van der Waals surface area contributed by atoms with Gasteiger partial charge in [0, 0.05) is 31.6 Å². The molecule has 2 saturated heterocycles. The van der Waals surface area contributed by atoms with Crippen LogP contribution in [0.25, 0.3) is 0 Å². The van der Waals surface area contributed by atoms with E-state index in [0.717, 1.165) is 38.6 Å². The molecule has 5 nitrogen and oxygen atoms in total. The van der Waals surface area contributed by atoms with Gasteiger partial charge in [0.05, 0.1) is 5.25 Å². The molecule has 3 fully saturated rings. The number of sulfonamides is 1. The van der Waals surface area contributed by atoms with Crippen molar-refractivity contribution < 1.29 is 13.2 Å². The second kappa shape index (κ2) is 4.45. The van der Waals surface area contributed by atoms with E-state index in [1.807, 2.05) is 11.8 Å². The lowest BCUT2D eigenvalue weighted by atomic mass is 9.86. The van der Waals surface area contributed by atoms with Gasteiger partial charge in [0.15, 0.2) is 0 Å². The van der Waals surface area contributed by atoms with Crippen molar-refractivity contribution in [3.05, 3.63) is 0 Å². The summed E-state index contributed by atoms with van der Waals surface area (Å²) >= 11 is 0. The highest BCUT2D eigenvalue weighted by Gasteiger charge is 2.49. The fraction of sp³-hybridized carbons (Fsp3) is 0.923. The third-order valence-electron chi connectivity index (χ3n) is 4.95. The zero-order valence-electron chi connectivity index (χ0n) is 11.5. The Morgan fingerprint density at radius 3 is 2.37 bits per heavy atom. The third kappa shape index (κ3) is 2.09. The van der Waals surface area contributed by atoms with Crippen molar-refractivity contribution in [2.45, 2.75) is 56.2 Å². The molecular formula is C13H22N2O3S. The summed E-state index contributed by atoms with van der Waals surface area (Å²) in [5.74, 6) is 0.237. The van der Waals surface area contributed by atoms with Crippen LogP contribution in [0, 0.1) is 0 Å². The molecule has 0 unspecified atom stereocenters. The first-order chi connectivity index (χ1) is 8.99. The fourth-order valence-corrected chi connectivity index (χ4v) is 5.48. The summed E-state index contributed by atoms with van der Waals surface area (Å²) in [4.78, 5) is 13.8. The van der Waals surface area contributed by atoms with E-state index in [1.165, 1.54) is 0 Å². The van der Waals surface area contributed by atoms with Crippen LogP contribution in [0.15, 0.2) is 0 Å². The van der Waals surface area contributed by atoms with Crippen LogP contribution in [0.4, 0.5) is 0 Å². The summed E-state index contributed by atoms with van der Waals surface area (Å²) in [6.07, 6.45) is 4.78. The van der Waals surface area contributed by atoms with E-state index < -0.39 is 10.0 Å². The zero-order chi connectivity index (χ0) is 13.7. The molecule has 3 rings (SSSR count). The summed E-state index contributed by atoms with van der Waals surface area (Å²) in [6, 6.07) is 0. The summed E-state index contributed by atoms with van der Waals surface area (Å²) in [6.45, 7) is 3.93. The van der Waals surface area contributed by atoms with Gasteiger partial charge in [0.2, 0.25) is 15.9 Å². The van der Waals surface area contributed by atoms with Crippen molar-refractivity contribution in [2.24, 2.45) is 0 Å². The molecule has 1 saturated carbocycles. The zero-order valence-corrected chi connectivity index (χ0v) is 12.3. The maximum atomic E-state index is 12.2. The quantitative estimate of drug-likeness (QED) is 0.776. The first-order valence-electron chi connectivity index (χ1n) is 7.29. The van der Waals surface area contributed by atoms with Crippen LogP contribution in [0.2, 0.25) is 0 Å². The van der Waals surface area contributed by atoms with Gasteiger partial charge in [-0.25, -0.2) is 12.7 Å². The van der Waals surface area contributed by atoms with E-state index in [-0.39, 0.29) is 16.7 Å². The van der Waals surface area contributed by atoms with Crippen LogP contribution < -0.4 is 0 Å². The second-order valence-corrected chi connectivity index (χ2v) is 8.22. The van der Waals surface area contributed by atoms with Crippen LogP contribution in [0.5, 0.6) is 0 Å². The van der Waals surface area contributed by atoms with Crippen LogP contribution in [-0.4, -0.2) is 54.0 Å². The molecule has 2 heterocycles. The lowest BCUT2D eigenvalue weighted by Crippen LogP contribution is -2.54. The van der Waals surface area contributed by atoms with Gasteiger partial charge in [-0.15, -0.1) is 0 Å². The monoisotopic (exact) mass is 286 g/mol. The Bertz CT molecular complexity index is 476. The smallest absolute Gasteiger partial charge is 0.223 e. The van der Waals surface area contributed by atoms with Gasteiger partial charge < -0.3 is 4.90 Å². The van der Waals surface area contributed by atoms with E-state index in [1.54, 1.807) is 4.31 Å². The minimum atomic E-state index is -3.04. The molecule has 0 radical (unpaired) electrons. The summed E-state index contributed by atoms with van der Waals surface area (Å²) < 4.78 is 26.1. The number of carbonyl (C=O) groups is 1. The Balaban J connectivity index is 1.71. The van der Waals surface area contributed by atoms with E-state index in [0.29, 0.717) is 19.5 Å². The number of nitrogens with zero attached hydrogens (tertiary/aromatic N) is 2. The van der Waals surface area contributed by atoms with Crippen LogP contribution in [-0.2, 0) is 14.8 Å². The average molecular weight is 286 g/mol. The summed E-state index contributed by atoms with van der Waals surface area (Å²) in [7, 11) is -3.04. The molecule has 108 valence electrons. The van der Waals surface area contributed by atoms with Gasteiger partial charge in [-0.1, -0.05) is 0 Å². The van der Waals surface area contributed by atoms with Crippen molar-refractivity contribution >= 4 is 15.9 Å². The van der Waals surface area contributed by atoms with E-state index in [4.69, 9.17) is 0 Å². The van der Waals surface area contributed by atoms with Gasteiger partial charge in [0.1, 0.15) is 0 Å². The van der Waals surface area contributed by atoms with Gasteiger partial charge >= 0.3 is 0 Å². The molecule has 0 N–H and O–H groups in total. The number of hydrogen-bond acceptors (Lipinski definition) is 3. The molecule has 2 aliphatic heterocycles. The highest BCUT2D eigenvalue weighted by atomic mass is 32.2. The Labute approximate surface area is 115 Å². The lowest BCUT2D eigenvalue weighted by Gasteiger charge is -2.44. The summed E-state index contributed by atoms with van der Waals surface area (Å²) in [5.41, 5.74) is -0.0542. The van der Waals surface area contributed by atoms with Crippen LogP contribution in [0.3, 0.4) is 0 Å². The van der Waals surface area contributed by atoms with Crippen molar-refractivity contribution in [2.75, 3.05) is 19.6 Å². The standard InChI is InChI=1S/C13H22N2O3S/c1-2-15-12(16)5-6-13(15)7-9-14(10-8-13)19(17,18)11-3-4-11/h11H,2-10H2,1H3. The lowest BCUT2D eigenvalue weighted by molar-refractivity contribution is -0.131. The molecule has 1 spiro atoms. The number of likely N-dealkylation sites (tertiary alicyclic amines) is 1. The molecule has 1 amide bonds. The second-order valence-electron chi connectivity index (χ2n) is 6.01. The van der Waals surface area contributed by atoms with Crippen LogP contribution in [0.1, 0.15) is 45.4 Å². The van der Waals surface area contributed by atoms with E-state index in [2.05, 4.69) is 0 Å². The minimum absolute atomic E-state index is 0.0542. The molecule has 0 aromatic heterocycles. The third-order valence-corrected chi connectivity index (χ3v) is 7.35. The minimum Gasteiger partial charge on any atom is -0.337 e. The molecular weight excluding hydrogens is 264 g/mol. The van der Waals surface area contributed by atoms with Crippen molar-refractivity contribution in [1.29, 1.82) is 0 Å². The molecule has 0 bridgehead atoms. The average Bonchev–Trinajstić information content (AvgIpc) is 3.19. The first kappa shape index (κ1) is 13.4. The summed E-state index contributed by atoms with van der Waals surface area (Å²) in [5, 5.41) is -0.117. The molecule has 1 aliphatic carbocycles. The molecule has 3 aliphatic rings. The fourth-order valence-electron chi connectivity index (χ4n) is 3.64. The molecule has 6 heteroatoms. The predicted octanol–water partition coefficient (Wildman–Crippen LogP) is 0.955. The van der Waals surface area contributed by atoms with Crippen molar-refractivity contribution in [1.82, 2.24) is 9.21 Å². The highest BCUT2D eigenvalue weighted by molar-refractivity contribution is 7.90. The van der Waals surface area contributed by atoms with E-state index >= 15 is 0 Å². The van der Waals surface area contributed by atoms with Gasteiger partial charge in [-0.2, -0.15) is 0 Å². The van der Waals surface area contributed by atoms with Crippen LogP contribution >= 0.6 is 0 Å². The Morgan fingerprint density at radius 2 is 1.84 bits per heavy atom. The predicted molar refractivity (Wildman–Crippen MR) is 72.1 cm³/mol. The van der Waals surface area contributed by atoms with Crippen molar-refractivity contribution in [3.8, 4) is 0 Å². The van der Waals surface area contributed by atoms with Gasteiger partial charge in [-0.3, -0.25) is 4.79 Å². The maximum Gasteiger partial charge on any atom is 0.223 e. The molecule has 0 atom stereocenters. The first-order valence-corrected chi connectivity index (χ1v) is 8.79. The van der Waals surface area contributed by atoms with Gasteiger partial charge in [-0.05, 0) is 39.0 Å². The SMILES string of the molecule is CCN1C(=O)CCC12CCN(S(=O)(=O)C1CC1)CC2. The normalized spacial score (nSPS) is 28.3. The van der Waals surface area contributed by atoms with Gasteiger partial charge in [0.25, 0.3) is 0 Å². The largest absolute Gasteiger partial charge is 0.337 e.